The zero-order valence-corrected chi connectivity index (χ0v) is 19.7. The predicted molar refractivity (Wildman–Crippen MR) is 133 cm³/mol. The standard InChI is InChI=1S/C27H25N3O6/c1-34-21-15-18(13-14-20(21)36-16-22(31)28-19-11-7-4-8-12-19)25-23(26(32)35-2)24(29-27(33)30-25)17-9-5-3-6-10-17/h3-15,25H,16H2,1-2H3,(H,28,31)(H2,29,30,33). The van der Waals surface area contributed by atoms with Gasteiger partial charge < -0.3 is 30.2 Å². The Morgan fingerprint density at radius 1 is 0.917 bits per heavy atom. The lowest BCUT2D eigenvalue weighted by molar-refractivity contribution is -0.136. The fraction of sp³-hybridized carbons (Fsp3) is 0.148. The van der Waals surface area contributed by atoms with E-state index in [0.29, 0.717) is 34.0 Å². The number of anilines is 1. The van der Waals surface area contributed by atoms with Crippen LogP contribution in [0.4, 0.5) is 10.5 Å². The Morgan fingerprint density at radius 3 is 2.28 bits per heavy atom. The number of benzene rings is 3. The summed E-state index contributed by atoms with van der Waals surface area (Å²) in [5.41, 5.74) is 2.48. The first kappa shape index (κ1) is 24.3. The zero-order valence-electron chi connectivity index (χ0n) is 19.7. The van der Waals surface area contributed by atoms with Gasteiger partial charge in [-0.2, -0.15) is 0 Å². The van der Waals surface area contributed by atoms with Gasteiger partial charge in [0.2, 0.25) is 0 Å². The van der Waals surface area contributed by atoms with Gasteiger partial charge in [-0.1, -0.05) is 54.6 Å². The van der Waals surface area contributed by atoms with Crippen LogP contribution in [-0.2, 0) is 14.3 Å². The maximum absolute atomic E-state index is 12.8. The summed E-state index contributed by atoms with van der Waals surface area (Å²) in [5.74, 6) is -0.264. The average molecular weight is 488 g/mol. The van der Waals surface area contributed by atoms with E-state index in [1.807, 2.05) is 36.4 Å². The van der Waals surface area contributed by atoms with Crippen molar-refractivity contribution < 1.29 is 28.6 Å². The number of amides is 3. The summed E-state index contributed by atoms with van der Waals surface area (Å²) in [5, 5.41) is 8.24. The molecule has 1 aliphatic rings. The summed E-state index contributed by atoms with van der Waals surface area (Å²) in [7, 11) is 2.74. The van der Waals surface area contributed by atoms with Crippen LogP contribution in [0.2, 0.25) is 0 Å². The SMILES string of the molecule is COC(=O)C1=C(c2ccccc2)NC(=O)NC1c1ccc(OCC(=O)Nc2ccccc2)c(OC)c1. The highest BCUT2D eigenvalue weighted by atomic mass is 16.5. The van der Waals surface area contributed by atoms with Crippen LogP contribution in [0.1, 0.15) is 17.2 Å². The molecule has 0 spiro atoms. The monoisotopic (exact) mass is 487 g/mol. The number of urea groups is 1. The lowest BCUT2D eigenvalue weighted by Crippen LogP contribution is -2.45. The number of rotatable bonds is 8. The molecule has 0 aromatic heterocycles. The van der Waals surface area contributed by atoms with Crippen LogP contribution in [0.3, 0.4) is 0 Å². The molecule has 0 saturated carbocycles. The third-order valence-electron chi connectivity index (χ3n) is 5.48. The molecule has 3 amide bonds. The highest BCUT2D eigenvalue weighted by Gasteiger charge is 2.34. The molecule has 1 unspecified atom stereocenters. The first-order chi connectivity index (χ1) is 17.5. The second kappa shape index (κ2) is 11.1. The second-order valence-electron chi connectivity index (χ2n) is 7.79. The quantitative estimate of drug-likeness (QED) is 0.418. The zero-order chi connectivity index (χ0) is 25.5. The van der Waals surface area contributed by atoms with Gasteiger partial charge in [-0.3, -0.25) is 4.79 Å². The van der Waals surface area contributed by atoms with Gasteiger partial charge in [0, 0.05) is 5.69 Å². The fourth-order valence-electron chi connectivity index (χ4n) is 3.82. The highest BCUT2D eigenvalue weighted by Crippen LogP contribution is 2.36. The van der Waals surface area contributed by atoms with Gasteiger partial charge in [-0.25, -0.2) is 9.59 Å². The Bertz CT molecular complexity index is 1290. The van der Waals surface area contributed by atoms with Crippen LogP contribution in [0, 0.1) is 0 Å². The molecule has 0 aliphatic carbocycles. The first-order valence-electron chi connectivity index (χ1n) is 11.1. The molecule has 4 rings (SSSR count). The van der Waals surface area contributed by atoms with E-state index >= 15 is 0 Å². The molecule has 3 aromatic carbocycles. The summed E-state index contributed by atoms with van der Waals surface area (Å²) in [6.45, 7) is -0.236. The number of carbonyl (C=O) groups excluding carboxylic acids is 3. The Morgan fingerprint density at radius 2 is 1.61 bits per heavy atom. The van der Waals surface area contributed by atoms with E-state index in [2.05, 4.69) is 16.0 Å². The third-order valence-corrected chi connectivity index (χ3v) is 5.48. The fourth-order valence-corrected chi connectivity index (χ4v) is 3.82. The smallest absolute Gasteiger partial charge is 0.338 e. The minimum Gasteiger partial charge on any atom is -0.493 e. The van der Waals surface area contributed by atoms with Gasteiger partial charge >= 0.3 is 12.0 Å². The molecule has 36 heavy (non-hydrogen) atoms. The van der Waals surface area contributed by atoms with Crippen LogP contribution in [0.5, 0.6) is 11.5 Å². The number of para-hydroxylation sites is 1. The van der Waals surface area contributed by atoms with E-state index in [-0.39, 0.29) is 18.1 Å². The Hall–Kier alpha value is -4.79. The van der Waals surface area contributed by atoms with E-state index in [1.54, 1.807) is 42.5 Å². The van der Waals surface area contributed by atoms with Gasteiger partial charge in [-0.15, -0.1) is 0 Å². The van der Waals surface area contributed by atoms with Crippen LogP contribution < -0.4 is 25.4 Å². The lowest BCUT2D eigenvalue weighted by atomic mass is 9.92. The van der Waals surface area contributed by atoms with Crippen molar-refractivity contribution in [1.82, 2.24) is 10.6 Å². The van der Waals surface area contributed by atoms with Crippen molar-refractivity contribution in [1.29, 1.82) is 0 Å². The molecule has 0 radical (unpaired) electrons. The molecular weight excluding hydrogens is 462 g/mol. The minimum absolute atomic E-state index is 0.236. The van der Waals surface area contributed by atoms with Crippen molar-refractivity contribution >= 4 is 29.3 Å². The molecule has 9 heteroatoms. The van der Waals surface area contributed by atoms with Crippen LogP contribution in [0.25, 0.3) is 5.70 Å². The van der Waals surface area contributed by atoms with Gasteiger partial charge in [0.25, 0.3) is 5.91 Å². The summed E-state index contributed by atoms with van der Waals surface area (Å²) in [6, 6.07) is 21.7. The molecule has 3 aromatic rings. The molecule has 1 atom stereocenters. The van der Waals surface area contributed by atoms with E-state index in [1.165, 1.54) is 14.2 Å². The molecule has 1 heterocycles. The molecular formula is C27H25N3O6. The van der Waals surface area contributed by atoms with Crippen LogP contribution in [-0.4, -0.2) is 38.7 Å². The number of carbonyl (C=O) groups is 3. The molecule has 184 valence electrons. The summed E-state index contributed by atoms with van der Waals surface area (Å²) in [4.78, 5) is 37.6. The van der Waals surface area contributed by atoms with Crippen molar-refractivity contribution in [3.05, 3.63) is 95.6 Å². The Balaban J connectivity index is 1.61. The van der Waals surface area contributed by atoms with Crippen LogP contribution >= 0.6 is 0 Å². The van der Waals surface area contributed by atoms with Crippen molar-refractivity contribution in [2.45, 2.75) is 6.04 Å². The predicted octanol–water partition coefficient (Wildman–Crippen LogP) is 3.65. The molecule has 0 fully saturated rings. The Labute approximate surface area is 208 Å². The topological polar surface area (TPSA) is 115 Å². The molecule has 1 aliphatic heterocycles. The van der Waals surface area contributed by atoms with E-state index in [9.17, 15) is 14.4 Å². The van der Waals surface area contributed by atoms with Crippen molar-refractivity contribution in [2.75, 3.05) is 26.1 Å². The number of hydrogen-bond acceptors (Lipinski definition) is 6. The number of esters is 1. The minimum atomic E-state index is -0.814. The van der Waals surface area contributed by atoms with E-state index in [4.69, 9.17) is 14.2 Å². The van der Waals surface area contributed by atoms with Gasteiger partial charge in [0.15, 0.2) is 18.1 Å². The number of nitrogens with one attached hydrogen (secondary N) is 3. The van der Waals surface area contributed by atoms with Gasteiger partial charge in [0.05, 0.1) is 31.5 Å². The average Bonchev–Trinajstić information content (AvgIpc) is 2.92. The molecule has 0 bridgehead atoms. The van der Waals surface area contributed by atoms with Crippen molar-refractivity contribution in [3.63, 3.8) is 0 Å². The van der Waals surface area contributed by atoms with Crippen molar-refractivity contribution in [2.24, 2.45) is 0 Å². The highest BCUT2D eigenvalue weighted by molar-refractivity contribution is 6.04. The van der Waals surface area contributed by atoms with E-state index in [0.717, 1.165) is 0 Å². The summed E-state index contributed by atoms with van der Waals surface area (Å²) < 4.78 is 16.2. The number of methoxy groups -OCH3 is 2. The van der Waals surface area contributed by atoms with Crippen LogP contribution in [0.15, 0.2) is 84.4 Å². The summed E-state index contributed by atoms with van der Waals surface area (Å²) in [6.07, 6.45) is 0. The maximum atomic E-state index is 12.8. The van der Waals surface area contributed by atoms with Gasteiger partial charge in [-0.05, 0) is 35.4 Å². The molecule has 0 saturated heterocycles. The van der Waals surface area contributed by atoms with E-state index < -0.39 is 18.0 Å². The first-order valence-corrected chi connectivity index (χ1v) is 11.1. The second-order valence-corrected chi connectivity index (χ2v) is 7.79. The third kappa shape index (κ3) is 5.47. The molecule has 9 nitrogen and oxygen atoms in total. The maximum Gasteiger partial charge on any atom is 0.338 e. The largest absolute Gasteiger partial charge is 0.493 e. The lowest BCUT2D eigenvalue weighted by Gasteiger charge is -2.29. The number of hydrogen-bond donors (Lipinski definition) is 3. The summed E-state index contributed by atoms with van der Waals surface area (Å²) >= 11 is 0. The van der Waals surface area contributed by atoms with Crippen molar-refractivity contribution in [3.8, 4) is 11.5 Å². The Kier molecular flexibility index (Phi) is 7.50. The normalized spacial score (nSPS) is 14.8. The molecule has 3 N–H and O–H groups in total. The van der Waals surface area contributed by atoms with Gasteiger partial charge in [0.1, 0.15) is 0 Å². The number of ether oxygens (including phenoxy) is 3.